The highest BCUT2D eigenvalue weighted by atomic mass is 32.2. The van der Waals surface area contributed by atoms with Gasteiger partial charge in [-0.1, -0.05) is 13.0 Å². The molecular formula is C16H21N3O6S. The van der Waals surface area contributed by atoms with Crippen LogP contribution in [-0.4, -0.2) is 43.4 Å². The van der Waals surface area contributed by atoms with Crippen LogP contribution in [0.1, 0.15) is 26.7 Å². The number of nitrogens with one attached hydrogen (secondary N) is 1. The van der Waals surface area contributed by atoms with Crippen molar-refractivity contribution in [2.24, 2.45) is 11.1 Å². The summed E-state index contributed by atoms with van der Waals surface area (Å²) in [5, 5.41) is 16.8. The maximum atomic E-state index is 12.4. The number of nitrogens with zero attached hydrogens (tertiary/aromatic N) is 1. The number of sulfonamides is 1. The molecule has 1 aliphatic rings. The zero-order valence-corrected chi connectivity index (χ0v) is 15.2. The molecule has 0 bridgehead atoms. The summed E-state index contributed by atoms with van der Waals surface area (Å²) in [7, 11) is -3.92. The van der Waals surface area contributed by atoms with Crippen molar-refractivity contribution in [3.8, 4) is 0 Å². The maximum absolute atomic E-state index is 12.4. The first kappa shape index (κ1) is 19.9. The summed E-state index contributed by atoms with van der Waals surface area (Å²) < 4.78 is 22.9. The number of amides is 2. The fourth-order valence-electron chi connectivity index (χ4n) is 2.63. The number of benzene rings is 1. The lowest BCUT2D eigenvalue weighted by Gasteiger charge is -2.26. The van der Waals surface area contributed by atoms with E-state index in [4.69, 9.17) is 5.14 Å². The van der Waals surface area contributed by atoms with Crippen LogP contribution in [0.25, 0.3) is 0 Å². The Morgan fingerprint density at radius 2 is 2.08 bits per heavy atom. The predicted octanol–water partition coefficient (Wildman–Crippen LogP) is 0.0564. The minimum atomic E-state index is -3.92. The van der Waals surface area contributed by atoms with E-state index in [1.807, 2.05) is 0 Å². The number of rotatable bonds is 6. The number of aliphatic carboxylic acids is 1. The third-order valence-corrected chi connectivity index (χ3v) is 5.44. The molecule has 0 radical (unpaired) electrons. The summed E-state index contributed by atoms with van der Waals surface area (Å²) >= 11 is 0. The van der Waals surface area contributed by atoms with E-state index in [0.717, 1.165) is 0 Å². The van der Waals surface area contributed by atoms with E-state index in [1.165, 1.54) is 30.0 Å². The van der Waals surface area contributed by atoms with Crippen molar-refractivity contribution >= 4 is 33.5 Å². The number of carboxylic acids is 1. The minimum absolute atomic E-state index is 0.0259. The number of primary sulfonamides is 1. The van der Waals surface area contributed by atoms with Gasteiger partial charge >= 0.3 is 5.97 Å². The van der Waals surface area contributed by atoms with Crippen LogP contribution in [-0.2, 0) is 24.4 Å². The molecule has 4 N–H and O–H groups in total. The molecule has 0 saturated carbocycles. The smallest absolute Gasteiger partial charge is 0.329 e. The normalized spacial score (nSPS) is 19.9. The molecule has 2 unspecified atom stereocenters. The van der Waals surface area contributed by atoms with Gasteiger partial charge in [-0.05, 0) is 31.5 Å². The van der Waals surface area contributed by atoms with E-state index >= 15 is 0 Å². The Hall–Kier alpha value is -2.46. The molecule has 0 spiro atoms. The lowest BCUT2D eigenvalue weighted by molar-refractivity contribution is -0.147. The highest BCUT2D eigenvalue weighted by Crippen LogP contribution is 2.27. The van der Waals surface area contributed by atoms with Gasteiger partial charge in [0.15, 0.2) is 0 Å². The Labute approximate surface area is 151 Å². The van der Waals surface area contributed by atoms with Crippen LogP contribution in [0.15, 0.2) is 29.2 Å². The Bertz CT molecular complexity index is 853. The van der Waals surface area contributed by atoms with Crippen LogP contribution in [0.5, 0.6) is 0 Å². The molecule has 2 rings (SSSR count). The summed E-state index contributed by atoms with van der Waals surface area (Å²) in [5.74, 6) is -2.78. The highest BCUT2D eigenvalue weighted by molar-refractivity contribution is 7.89. The number of carbonyl (C=O) groups is 3. The van der Waals surface area contributed by atoms with Crippen molar-refractivity contribution < 1.29 is 27.9 Å². The molecule has 2 amide bonds. The van der Waals surface area contributed by atoms with E-state index in [2.05, 4.69) is 5.32 Å². The van der Waals surface area contributed by atoms with E-state index in [9.17, 15) is 27.9 Å². The van der Waals surface area contributed by atoms with Crippen molar-refractivity contribution in [3.05, 3.63) is 24.3 Å². The summed E-state index contributed by atoms with van der Waals surface area (Å²) in [5.41, 5.74) is -1.10. The van der Waals surface area contributed by atoms with Gasteiger partial charge in [-0.25, -0.2) is 18.4 Å². The molecule has 1 fully saturated rings. The lowest BCUT2D eigenvalue weighted by atomic mass is 9.97. The van der Waals surface area contributed by atoms with E-state index in [-0.39, 0.29) is 30.2 Å². The molecule has 142 valence electrons. The van der Waals surface area contributed by atoms with Crippen molar-refractivity contribution in [1.82, 2.24) is 5.32 Å². The van der Waals surface area contributed by atoms with Gasteiger partial charge in [-0.3, -0.25) is 9.59 Å². The lowest BCUT2D eigenvalue weighted by Crippen LogP contribution is -2.53. The van der Waals surface area contributed by atoms with Crippen LogP contribution in [0.3, 0.4) is 0 Å². The number of anilines is 1. The fraction of sp³-hybridized carbons (Fsp3) is 0.438. The number of hydrogen-bond acceptors (Lipinski definition) is 5. The highest BCUT2D eigenvalue weighted by Gasteiger charge is 2.40. The third-order valence-electron chi connectivity index (χ3n) is 4.53. The molecular weight excluding hydrogens is 362 g/mol. The first-order chi connectivity index (χ1) is 12.0. The average molecular weight is 383 g/mol. The predicted molar refractivity (Wildman–Crippen MR) is 92.7 cm³/mol. The topological polar surface area (TPSA) is 147 Å². The van der Waals surface area contributed by atoms with Crippen LogP contribution in [0, 0.1) is 5.92 Å². The maximum Gasteiger partial charge on any atom is 0.329 e. The van der Waals surface area contributed by atoms with Crippen molar-refractivity contribution in [3.63, 3.8) is 0 Å². The number of hydrogen-bond donors (Lipinski definition) is 3. The molecule has 2 atom stereocenters. The molecule has 26 heavy (non-hydrogen) atoms. The van der Waals surface area contributed by atoms with Gasteiger partial charge in [0.05, 0.1) is 10.8 Å². The first-order valence-electron chi connectivity index (χ1n) is 7.96. The van der Waals surface area contributed by atoms with Crippen molar-refractivity contribution in [2.75, 3.05) is 11.4 Å². The van der Waals surface area contributed by atoms with Gasteiger partial charge in [0.1, 0.15) is 5.54 Å². The van der Waals surface area contributed by atoms with Gasteiger partial charge < -0.3 is 15.3 Å². The molecule has 0 aromatic heterocycles. The zero-order valence-electron chi connectivity index (χ0n) is 14.4. The quantitative estimate of drug-likeness (QED) is 0.633. The van der Waals surface area contributed by atoms with Crippen molar-refractivity contribution in [2.45, 2.75) is 37.1 Å². The SMILES string of the molecule is CCC(C)(NC(=O)C1CC(=O)N(c2cccc(S(N)(=O)=O)c2)C1)C(=O)O. The number of carboxylic acid groups (broad SMARTS) is 1. The van der Waals surface area contributed by atoms with E-state index in [1.54, 1.807) is 13.0 Å². The molecule has 9 nitrogen and oxygen atoms in total. The molecule has 0 aliphatic carbocycles. The number of nitrogens with two attached hydrogens (primary N) is 1. The largest absolute Gasteiger partial charge is 0.480 e. The van der Waals surface area contributed by atoms with Crippen LogP contribution >= 0.6 is 0 Å². The molecule has 1 saturated heterocycles. The second-order valence-electron chi connectivity index (χ2n) is 6.43. The van der Waals surface area contributed by atoms with Gasteiger partial charge in [0.25, 0.3) is 0 Å². The average Bonchev–Trinajstić information content (AvgIpc) is 2.96. The number of carbonyl (C=O) groups excluding carboxylic acids is 2. The Morgan fingerprint density at radius 1 is 1.42 bits per heavy atom. The van der Waals surface area contributed by atoms with E-state index < -0.39 is 33.4 Å². The first-order valence-corrected chi connectivity index (χ1v) is 9.51. The van der Waals surface area contributed by atoms with Crippen molar-refractivity contribution in [1.29, 1.82) is 0 Å². The monoisotopic (exact) mass is 383 g/mol. The second-order valence-corrected chi connectivity index (χ2v) is 7.99. The second kappa shape index (κ2) is 7.04. The summed E-state index contributed by atoms with van der Waals surface area (Å²) in [6.45, 7) is 3.06. The molecule has 1 heterocycles. The molecule has 1 aliphatic heterocycles. The van der Waals surface area contributed by atoms with E-state index in [0.29, 0.717) is 5.69 Å². The Balaban J connectivity index is 2.19. The molecule has 10 heteroatoms. The molecule has 1 aromatic carbocycles. The summed E-state index contributed by atoms with van der Waals surface area (Å²) in [4.78, 5) is 37.2. The van der Waals surface area contributed by atoms with Gasteiger partial charge in [0, 0.05) is 18.7 Å². The Kier molecular flexibility index (Phi) is 5.38. The fourth-order valence-corrected chi connectivity index (χ4v) is 3.18. The molecule has 1 aromatic rings. The summed E-state index contributed by atoms with van der Waals surface area (Å²) in [6, 6.07) is 5.57. The standard InChI is InChI=1S/C16H21N3O6S/c1-3-16(2,15(22)23)18-14(21)10-7-13(20)19(9-10)11-5-4-6-12(8-11)26(17,24)25/h4-6,8,10H,3,7,9H2,1-2H3,(H,18,21)(H,22,23)(H2,17,24,25). The minimum Gasteiger partial charge on any atom is -0.480 e. The van der Waals surface area contributed by atoms with Gasteiger partial charge in [-0.15, -0.1) is 0 Å². The zero-order chi connectivity index (χ0) is 19.7. The van der Waals surface area contributed by atoms with Crippen LogP contribution < -0.4 is 15.4 Å². The third kappa shape index (κ3) is 4.02. The summed E-state index contributed by atoms with van der Waals surface area (Å²) in [6.07, 6.45) is 0.0969. The Morgan fingerprint density at radius 3 is 2.62 bits per heavy atom. The van der Waals surface area contributed by atoms with Crippen LogP contribution in [0.4, 0.5) is 5.69 Å². The van der Waals surface area contributed by atoms with Gasteiger partial charge in [0.2, 0.25) is 21.8 Å². The van der Waals surface area contributed by atoms with Crippen LogP contribution in [0.2, 0.25) is 0 Å². The van der Waals surface area contributed by atoms with Gasteiger partial charge in [-0.2, -0.15) is 0 Å².